The van der Waals surface area contributed by atoms with Crippen molar-refractivity contribution < 1.29 is 9.84 Å². The van der Waals surface area contributed by atoms with Crippen LogP contribution in [-0.2, 0) is 12.1 Å². The van der Waals surface area contributed by atoms with Gasteiger partial charge < -0.3 is 9.84 Å². The number of hydrogen-bond acceptors (Lipinski definition) is 8. The van der Waals surface area contributed by atoms with E-state index in [1.807, 2.05) is 24.3 Å². The van der Waals surface area contributed by atoms with E-state index in [-0.39, 0.29) is 0 Å². The second kappa shape index (κ2) is 8.06. The summed E-state index contributed by atoms with van der Waals surface area (Å²) in [6, 6.07) is 13.7. The number of benzene rings is 1. The van der Waals surface area contributed by atoms with Crippen LogP contribution in [0.4, 0.5) is 0 Å². The summed E-state index contributed by atoms with van der Waals surface area (Å²) in [7, 11) is 0. The van der Waals surface area contributed by atoms with Crippen LogP contribution >= 0.6 is 11.3 Å². The largest absolute Gasteiger partial charge is 0.431 e. The van der Waals surface area contributed by atoms with Crippen LogP contribution in [0, 0.1) is 0 Å². The Morgan fingerprint density at radius 1 is 0.967 bits per heavy atom. The maximum absolute atomic E-state index is 10.9. The van der Waals surface area contributed by atoms with E-state index >= 15 is 0 Å². The average molecular weight is 420 g/mol. The van der Waals surface area contributed by atoms with Crippen LogP contribution in [0.2, 0.25) is 0 Å². The Hall–Kier alpha value is -2.94. The Morgan fingerprint density at radius 2 is 1.70 bits per heavy atom. The van der Waals surface area contributed by atoms with Crippen molar-refractivity contribution in [3.63, 3.8) is 0 Å². The molecule has 0 radical (unpaired) electrons. The summed E-state index contributed by atoms with van der Waals surface area (Å²) in [6.45, 7) is 2.43. The minimum atomic E-state index is -0.929. The molecule has 1 N–H and O–H groups in total. The van der Waals surface area contributed by atoms with Crippen LogP contribution in [0.5, 0.6) is 10.9 Å². The van der Waals surface area contributed by atoms with E-state index in [1.54, 1.807) is 24.7 Å². The first-order valence-corrected chi connectivity index (χ1v) is 10.7. The molecule has 152 valence electrons. The van der Waals surface area contributed by atoms with Crippen molar-refractivity contribution in [2.75, 3.05) is 13.1 Å². The monoisotopic (exact) mass is 419 g/mol. The Balaban J connectivity index is 1.18. The van der Waals surface area contributed by atoms with Crippen molar-refractivity contribution in [3.05, 3.63) is 72.4 Å². The highest BCUT2D eigenvalue weighted by atomic mass is 32.1. The first-order chi connectivity index (χ1) is 14.7. The van der Waals surface area contributed by atoms with Gasteiger partial charge in [0.05, 0.1) is 4.70 Å². The van der Waals surface area contributed by atoms with Gasteiger partial charge in [0.15, 0.2) is 11.5 Å². The maximum Gasteiger partial charge on any atom is 0.281 e. The summed E-state index contributed by atoms with van der Waals surface area (Å²) < 4.78 is 6.90. The van der Waals surface area contributed by atoms with Gasteiger partial charge in [0.25, 0.3) is 5.19 Å². The number of fused-ring (bicyclic) bond motifs is 1. The fourth-order valence-corrected chi connectivity index (χ4v) is 4.45. The number of hydrogen-bond donors (Lipinski definition) is 1. The molecule has 1 fully saturated rings. The lowest BCUT2D eigenvalue weighted by Gasteiger charge is -2.37. The molecule has 0 atom stereocenters. The highest BCUT2D eigenvalue weighted by Gasteiger charge is 2.36. The molecule has 0 spiro atoms. The van der Waals surface area contributed by atoms with Gasteiger partial charge in [-0.25, -0.2) is 15.0 Å². The van der Waals surface area contributed by atoms with Gasteiger partial charge in [-0.2, -0.15) is 4.98 Å². The molecule has 5 rings (SSSR count). The zero-order chi connectivity index (χ0) is 20.4. The van der Waals surface area contributed by atoms with Crippen molar-refractivity contribution in [1.82, 2.24) is 24.8 Å². The van der Waals surface area contributed by atoms with Crippen molar-refractivity contribution in [3.8, 4) is 10.9 Å². The number of rotatable bonds is 5. The molecule has 7 nitrogen and oxygen atoms in total. The summed E-state index contributed by atoms with van der Waals surface area (Å²) in [4.78, 5) is 19.5. The Kier molecular flexibility index (Phi) is 5.12. The first kappa shape index (κ1) is 19.0. The van der Waals surface area contributed by atoms with Crippen LogP contribution in [0.1, 0.15) is 24.2 Å². The van der Waals surface area contributed by atoms with Crippen LogP contribution in [0.3, 0.4) is 0 Å². The Morgan fingerprint density at radius 3 is 2.43 bits per heavy atom. The molecular formula is C22H21N5O2S. The van der Waals surface area contributed by atoms with Crippen molar-refractivity contribution in [2.45, 2.75) is 25.0 Å². The van der Waals surface area contributed by atoms with Crippen LogP contribution < -0.4 is 4.74 Å². The van der Waals surface area contributed by atoms with Crippen molar-refractivity contribution in [1.29, 1.82) is 0 Å². The molecule has 1 aliphatic rings. The Labute approximate surface area is 178 Å². The SMILES string of the molecule is OC1(c2ncccn2)CCN(Cc2ccc(Oc3nc4ncccc4s3)cc2)CC1. The van der Waals surface area contributed by atoms with Crippen LogP contribution in [0.25, 0.3) is 10.3 Å². The number of piperidine rings is 1. The zero-order valence-electron chi connectivity index (χ0n) is 16.3. The summed E-state index contributed by atoms with van der Waals surface area (Å²) in [5, 5.41) is 11.5. The predicted molar refractivity (Wildman–Crippen MR) is 114 cm³/mol. The Bertz CT molecular complexity index is 1090. The number of likely N-dealkylation sites (tertiary alicyclic amines) is 1. The van der Waals surface area contributed by atoms with E-state index in [0.717, 1.165) is 30.1 Å². The lowest BCUT2D eigenvalue weighted by molar-refractivity contribution is -0.0347. The predicted octanol–water partition coefficient (Wildman–Crippen LogP) is 3.76. The van der Waals surface area contributed by atoms with Gasteiger partial charge in [0.2, 0.25) is 0 Å². The van der Waals surface area contributed by atoms with E-state index in [9.17, 15) is 5.11 Å². The number of nitrogens with zero attached hydrogens (tertiary/aromatic N) is 5. The molecule has 0 saturated carbocycles. The van der Waals surface area contributed by atoms with Gasteiger partial charge in [-0.15, -0.1) is 0 Å². The second-order valence-corrected chi connectivity index (χ2v) is 8.42. The van der Waals surface area contributed by atoms with Crippen LogP contribution in [0.15, 0.2) is 61.1 Å². The first-order valence-electron chi connectivity index (χ1n) is 9.89. The molecule has 30 heavy (non-hydrogen) atoms. The lowest BCUT2D eigenvalue weighted by Crippen LogP contribution is -2.43. The van der Waals surface area contributed by atoms with E-state index in [2.05, 4.69) is 37.0 Å². The summed E-state index contributed by atoms with van der Waals surface area (Å²) in [6.07, 6.45) is 6.35. The van der Waals surface area contributed by atoms with Crippen LogP contribution in [-0.4, -0.2) is 43.0 Å². The van der Waals surface area contributed by atoms with Gasteiger partial charge in [0, 0.05) is 38.2 Å². The molecule has 3 aromatic heterocycles. The molecule has 0 amide bonds. The third-order valence-electron chi connectivity index (χ3n) is 5.35. The third kappa shape index (κ3) is 4.02. The minimum Gasteiger partial charge on any atom is -0.431 e. The number of aliphatic hydroxyl groups is 1. The molecule has 4 heterocycles. The number of thiazole rings is 1. The van der Waals surface area contributed by atoms with E-state index < -0.39 is 5.60 Å². The maximum atomic E-state index is 10.9. The molecule has 1 aromatic carbocycles. The molecule has 0 aliphatic carbocycles. The quantitative estimate of drug-likeness (QED) is 0.527. The van der Waals surface area contributed by atoms with E-state index in [4.69, 9.17) is 4.74 Å². The van der Waals surface area contributed by atoms with Gasteiger partial charge in [-0.05, 0) is 48.7 Å². The van der Waals surface area contributed by atoms with Crippen molar-refractivity contribution in [2.24, 2.45) is 0 Å². The molecule has 1 aliphatic heterocycles. The number of ether oxygens (including phenoxy) is 1. The lowest BCUT2D eigenvalue weighted by atomic mass is 9.90. The third-order valence-corrected chi connectivity index (χ3v) is 6.23. The summed E-state index contributed by atoms with van der Waals surface area (Å²) >= 11 is 1.48. The molecule has 8 heteroatoms. The fourth-order valence-electron chi connectivity index (χ4n) is 3.66. The highest BCUT2D eigenvalue weighted by molar-refractivity contribution is 7.20. The fraction of sp³-hybridized carbons (Fsp3) is 0.273. The summed E-state index contributed by atoms with van der Waals surface area (Å²) in [5.41, 5.74) is 0.983. The van der Waals surface area contributed by atoms with E-state index in [1.165, 1.54) is 16.9 Å². The topological polar surface area (TPSA) is 84.3 Å². The van der Waals surface area contributed by atoms with Gasteiger partial charge >= 0.3 is 0 Å². The second-order valence-electron chi connectivity index (χ2n) is 7.43. The van der Waals surface area contributed by atoms with Gasteiger partial charge in [-0.1, -0.05) is 23.5 Å². The van der Waals surface area contributed by atoms with Gasteiger partial charge in [0.1, 0.15) is 11.4 Å². The molecular weight excluding hydrogens is 398 g/mol. The molecule has 0 bridgehead atoms. The number of aromatic nitrogens is 4. The normalized spacial score (nSPS) is 16.6. The number of pyridine rings is 1. The minimum absolute atomic E-state index is 0.524. The zero-order valence-corrected chi connectivity index (χ0v) is 17.1. The van der Waals surface area contributed by atoms with Crippen molar-refractivity contribution >= 4 is 21.7 Å². The van der Waals surface area contributed by atoms with E-state index in [0.29, 0.717) is 29.5 Å². The smallest absolute Gasteiger partial charge is 0.281 e. The molecule has 1 saturated heterocycles. The average Bonchev–Trinajstić information content (AvgIpc) is 3.20. The highest BCUT2D eigenvalue weighted by Crippen LogP contribution is 2.32. The molecule has 0 unspecified atom stereocenters. The van der Waals surface area contributed by atoms with Gasteiger partial charge in [-0.3, -0.25) is 4.90 Å². The summed E-state index contributed by atoms with van der Waals surface area (Å²) in [5.74, 6) is 1.28. The molecule has 4 aromatic rings. The standard InChI is InChI=1S/C22H21N5O2S/c28-22(20-24-11-2-12-25-20)8-13-27(14-9-22)15-16-4-6-17(7-5-16)29-21-26-19-18(30-21)3-1-10-23-19/h1-7,10-12,28H,8-9,13-15H2.